The average Bonchev–Trinajstić information content (AvgIpc) is 2.59. The maximum atomic E-state index is 11.1. The van der Waals surface area contributed by atoms with Gasteiger partial charge in [0.25, 0.3) is 0 Å². The van der Waals surface area contributed by atoms with Crippen LogP contribution in [0.3, 0.4) is 0 Å². The molecule has 1 aliphatic rings. The molecule has 3 nitrogen and oxygen atoms in total. The first-order valence-corrected chi connectivity index (χ1v) is 4.80. The summed E-state index contributed by atoms with van der Waals surface area (Å²) in [5.74, 6) is -0.407. The highest BCUT2D eigenvalue weighted by atomic mass is 16.6. The lowest BCUT2D eigenvalue weighted by atomic mass is 10.0. The highest BCUT2D eigenvalue weighted by molar-refractivity contribution is 5.90. The van der Waals surface area contributed by atoms with E-state index in [4.69, 9.17) is 4.74 Å². The zero-order valence-corrected chi connectivity index (χ0v) is 8.22. The van der Waals surface area contributed by atoms with Crippen LogP contribution in [0.25, 0.3) is 0 Å². The van der Waals surface area contributed by atoms with Crippen LogP contribution in [-0.2, 0) is 9.53 Å². The van der Waals surface area contributed by atoms with Gasteiger partial charge in [-0.3, -0.25) is 0 Å². The maximum absolute atomic E-state index is 11.1. The fourth-order valence-corrected chi connectivity index (χ4v) is 1.63. The standard InChI is InChI=1S/C12H12O3/c1-8-7-10(15-12(8)14)11(13)9-5-3-2-4-6-9/h2-6,10-11,13H,1,7H2/t10-,11+/m1/s1. The van der Waals surface area contributed by atoms with Crippen molar-refractivity contribution in [3.8, 4) is 0 Å². The Morgan fingerprint density at radius 2 is 2.07 bits per heavy atom. The van der Waals surface area contributed by atoms with Gasteiger partial charge >= 0.3 is 5.97 Å². The van der Waals surface area contributed by atoms with Gasteiger partial charge < -0.3 is 9.84 Å². The van der Waals surface area contributed by atoms with E-state index in [9.17, 15) is 9.90 Å². The molecule has 78 valence electrons. The third kappa shape index (κ3) is 1.92. The lowest BCUT2D eigenvalue weighted by Gasteiger charge is -2.16. The van der Waals surface area contributed by atoms with Crippen molar-refractivity contribution in [1.82, 2.24) is 0 Å². The van der Waals surface area contributed by atoms with Crippen LogP contribution in [0, 0.1) is 0 Å². The van der Waals surface area contributed by atoms with Crippen molar-refractivity contribution in [2.24, 2.45) is 0 Å². The Hall–Kier alpha value is -1.61. The molecule has 0 bridgehead atoms. The summed E-state index contributed by atoms with van der Waals surface area (Å²) in [4.78, 5) is 11.1. The summed E-state index contributed by atoms with van der Waals surface area (Å²) in [6.45, 7) is 3.58. The first kappa shape index (κ1) is 9.93. The van der Waals surface area contributed by atoms with Gasteiger partial charge in [0, 0.05) is 12.0 Å². The van der Waals surface area contributed by atoms with Gasteiger partial charge in [0.1, 0.15) is 12.2 Å². The van der Waals surface area contributed by atoms with Gasteiger partial charge in [-0.2, -0.15) is 0 Å². The zero-order valence-electron chi connectivity index (χ0n) is 8.22. The van der Waals surface area contributed by atoms with E-state index in [0.29, 0.717) is 12.0 Å². The van der Waals surface area contributed by atoms with Gasteiger partial charge in [-0.1, -0.05) is 36.9 Å². The normalized spacial score (nSPS) is 22.6. The molecule has 0 saturated carbocycles. The summed E-state index contributed by atoms with van der Waals surface area (Å²) in [5, 5.41) is 9.94. The predicted molar refractivity (Wildman–Crippen MR) is 55.0 cm³/mol. The summed E-state index contributed by atoms with van der Waals surface area (Å²) in [7, 11) is 0. The largest absolute Gasteiger partial charge is 0.456 e. The molecule has 0 aromatic heterocycles. The SMILES string of the molecule is C=C1C[C@H]([C@@H](O)c2ccccc2)OC1=O. The number of benzene rings is 1. The summed E-state index contributed by atoms with van der Waals surface area (Å²) in [5.41, 5.74) is 1.18. The van der Waals surface area contributed by atoms with E-state index in [1.54, 1.807) is 12.1 Å². The molecule has 3 heteroatoms. The molecule has 2 atom stereocenters. The average molecular weight is 204 g/mol. The Labute approximate surface area is 88.0 Å². The van der Waals surface area contributed by atoms with Crippen molar-refractivity contribution in [3.63, 3.8) is 0 Å². The first-order valence-electron chi connectivity index (χ1n) is 4.80. The molecule has 1 N–H and O–H groups in total. The van der Waals surface area contributed by atoms with E-state index in [1.165, 1.54) is 0 Å². The molecular weight excluding hydrogens is 192 g/mol. The van der Waals surface area contributed by atoms with E-state index in [-0.39, 0.29) is 0 Å². The van der Waals surface area contributed by atoms with E-state index in [0.717, 1.165) is 5.56 Å². The quantitative estimate of drug-likeness (QED) is 0.587. The second-order valence-corrected chi connectivity index (χ2v) is 3.61. The van der Waals surface area contributed by atoms with Gasteiger partial charge in [0.2, 0.25) is 0 Å². The number of rotatable bonds is 2. The third-order valence-electron chi connectivity index (χ3n) is 2.49. The molecular formula is C12H12O3. The van der Waals surface area contributed by atoms with E-state index >= 15 is 0 Å². The minimum Gasteiger partial charge on any atom is -0.456 e. The van der Waals surface area contributed by atoms with E-state index in [1.807, 2.05) is 18.2 Å². The molecule has 1 aromatic carbocycles. The molecule has 15 heavy (non-hydrogen) atoms. The number of ether oxygens (including phenoxy) is 1. The molecule has 0 unspecified atom stereocenters. The fraction of sp³-hybridized carbons (Fsp3) is 0.250. The van der Waals surface area contributed by atoms with Crippen LogP contribution >= 0.6 is 0 Å². The van der Waals surface area contributed by atoms with Crippen LogP contribution in [0.2, 0.25) is 0 Å². The van der Waals surface area contributed by atoms with Crippen LogP contribution in [0.1, 0.15) is 18.1 Å². The smallest absolute Gasteiger partial charge is 0.333 e. The Morgan fingerprint density at radius 1 is 1.40 bits per heavy atom. The molecule has 1 aliphatic heterocycles. The molecule has 2 rings (SSSR count). The number of cyclic esters (lactones) is 1. The Kier molecular flexibility index (Phi) is 2.56. The van der Waals surface area contributed by atoms with Crippen LogP contribution in [-0.4, -0.2) is 17.2 Å². The van der Waals surface area contributed by atoms with Crippen LogP contribution in [0.4, 0.5) is 0 Å². The summed E-state index contributed by atoms with van der Waals surface area (Å²) in [6.07, 6.45) is -0.865. The molecule has 0 aliphatic carbocycles. The van der Waals surface area contributed by atoms with Gasteiger partial charge in [-0.25, -0.2) is 4.79 Å². The van der Waals surface area contributed by atoms with Crippen molar-refractivity contribution in [2.75, 3.05) is 0 Å². The second kappa shape index (κ2) is 3.87. The monoisotopic (exact) mass is 204 g/mol. The van der Waals surface area contributed by atoms with Crippen LogP contribution in [0.5, 0.6) is 0 Å². The molecule has 1 heterocycles. The van der Waals surface area contributed by atoms with Crippen molar-refractivity contribution in [3.05, 3.63) is 48.0 Å². The zero-order chi connectivity index (χ0) is 10.8. The van der Waals surface area contributed by atoms with Gasteiger partial charge in [-0.15, -0.1) is 0 Å². The lowest BCUT2D eigenvalue weighted by molar-refractivity contribution is -0.143. The van der Waals surface area contributed by atoms with Crippen molar-refractivity contribution in [1.29, 1.82) is 0 Å². The second-order valence-electron chi connectivity index (χ2n) is 3.61. The molecule has 0 radical (unpaired) electrons. The van der Waals surface area contributed by atoms with Gasteiger partial charge in [-0.05, 0) is 5.56 Å². The number of esters is 1. The number of hydrogen-bond acceptors (Lipinski definition) is 3. The molecule has 0 amide bonds. The Bertz CT molecular complexity index is 367. The number of aliphatic hydroxyl groups excluding tert-OH is 1. The fourth-order valence-electron chi connectivity index (χ4n) is 1.63. The number of aliphatic hydroxyl groups is 1. The highest BCUT2D eigenvalue weighted by Crippen LogP contribution is 2.29. The van der Waals surface area contributed by atoms with Crippen LogP contribution in [0.15, 0.2) is 42.5 Å². The van der Waals surface area contributed by atoms with Crippen molar-refractivity contribution >= 4 is 5.97 Å². The maximum Gasteiger partial charge on any atom is 0.333 e. The number of carbonyl (C=O) groups is 1. The topological polar surface area (TPSA) is 46.5 Å². The predicted octanol–water partition coefficient (Wildman–Crippen LogP) is 1.59. The van der Waals surface area contributed by atoms with Crippen LogP contribution < -0.4 is 0 Å². The summed E-state index contributed by atoms with van der Waals surface area (Å²) >= 11 is 0. The van der Waals surface area contributed by atoms with Crippen molar-refractivity contribution < 1.29 is 14.6 Å². The lowest BCUT2D eigenvalue weighted by Crippen LogP contribution is -2.17. The van der Waals surface area contributed by atoms with Gasteiger partial charge in [0.15, 0.2) is 0 Å². The Balaban J connectivity index is 2.13. The van der Waals surface area contributed by atoms with E-state index < -0.39 is 18.2 Å². The van der Waals surface area contributed by atoms with Gasteiger partial charge in [0.05, 0.1) is 0 Å². The van der Waals surface area contributed by atoms with Crippen molar-refractivity contribution in [2.45, 2.75) is 18.6 Å². The minimum atomic E-state index is -0.769. The molecule has 0 spiro atoms. The highest BCUT2D eigenvalue weighted by Gasteiger charge is 2.33. The van der Waals surface area contributed by atoms with E-state index in [2.05, 4.69) is 6.58 Å². The first-order chi connectivity index (χ1) is 7.18. The number of hydrogen-bond donors (Lipinski definition) is 1. The molecule has 1 fully saturated rings. The minimum absolute atomic E-state index is 0.398. The summed E-state index contributed by atoms with van der Waals surface area (Å²) < 4.78 is 5.00. The Morgan fingerprint density at radius 3 is 2.60 bits per heavy atom. The third-order valence-corrected chi connectivity index (χ3v) is 2.49. The number of carbonyl (C=O) groups excluding carboxylic acids is 1. The molecule has 1 saturated heterocycles. The summed E-state index contributed by atoms with van der Waals surface area (Å²) in [6, 6.07) is 9.16. The molecule has 1 aromatic rings.